The number of phenols is 1. The van der Waals surface area contributed by atoms with E-state index in [2.05, 4.69) is 39.0 Å². The maximum Gasteiger partial charge on any atom is 0.135 e. The average Bonchev–Trinajstić information content (AvgIpc) is 2.81. The number of rotatable bonds is 1. The molecule has 0 unspecified atom stereocenters. The molecule has 0 saturated carbocycles. The lowest BCUT2D eigenvalue weighted by Crippen LogP contribution is -2.10. The Morgan fingerprint density at radius 2 is 1.60 bits per heavy atom. The van der Waals surface area contributed by atoms with Gasteiger partial charge in [-0.05, 0) is 53.4 Å². The number of aromatic hydroxyl groups is 1. The minimum Gasteiger partial charge on any atom is -0.508 e. The van der Waals surface area contributed by atoms with E-state index in [1.807, 2.05) is 18.2 Å². The largest absolute Gasteiger partial charge is 0.508 e. The Morgan fingerprint density at radius 3 is 2.25 bits per heavy atom. The van der Waals surface area contributed by atoms with Crippen molar-refractivity contribution in [2.24, 2.45) is 0 Å². The minimum atomic E-state index is 0.129. The molecule has 2 aromatic carbocycles. The molecule has 2 heteroatoms. The summed E-state index contributed by atoms with van der Waals surface area (Å²) in [5.74, 6) is 1.09. The van der Waals surface area contributed by atoms with E-state index in [4.69, 9.17) is 4.42 Å². The molecule has 0 radical (unpaired) electrons. The molecular formula is C18H18O2. The van der Waals surface area contributed by atoms with Crippen molar-refractivity contribution in [3.05, 3.63) is 54.1 Å². The number of hydrogen-bond donors (Lipinski definition) is 1. The predicted octanol–water partition coefficient (Wildman–Crippen LogP) is 5.10. The molecule has 3 aromatic rings. The van der Waals surface area contributed by atoms with Crippen LogP contribution in [0, 0.1) is 0 Å². The Balaban J connectivity index is 2.09. The van der Waals surface area contributed by atoms with Gasteiger partial charge in [0.25, 0.3) is 0 Å². The van der Waals surface area contributed by atoms with Crippen LogP contribution in [0.15, 0.2) is 52.9 Å². The third-order valence-electron chi connectivity index (χ3n) is 3.53. The molecule has 2 nitrogen and oxygen atoms in total. The van der Waals surface area contributed by atoms with Crippen molar-refractivity contribution < 1.29 is 9.52 Å². The van der Waals surface area contributed by atoms with Crippen LogP contribution in [0.5, 0.6) is 5.75 Å². The van der Waals surface area contributed by atoms with E-state index in [1.165, 1.54) is 5.56 Å². The third-order valence-corrected chi connectivity index (χ3v) is 3.53. The molecule has 0 aliphatic carbocycles. The summed E-state index contributed by atoms with van der Waals surface area (Å²) in [5, 5.41) is 10.5. The summed E-state index contributed by atoms with van der Waals surface area (Å²) in [4.78, 5) is 0. The quantitative estimate of drug-likeness (QED) is 0.664. The van der Waals surface area contributed by atoms with Gasteiger partial charge in [0.05, 0.1) is 0 Å². The Hall–Kier alpha value is -2.22. The molecule has 1 aromatic heterocycles. The number of fused-ring (bicyclic) bond motifs is 1. The lowest BCUT2D eigenvalue weighted by atomic mass is 9.86. The van der Waals surface area contributed by atoms with Gasteiger partial charge in [-0.1, -0.05) is 26.8 Å². The summed E-state index contributed by atoms with van der Waals surface area (Å²) in [7, 11) is 0. The topological polar surface area (TPSA) is 33.4 Å². The first-order chi connectivity index (χ1) is 9.43. The van der Waals surface area contributed by atoms with Gasteiger partial charge in [-0.15, -0.1) is 0 Å². The summed E-state index contributed by atoms with van der Waals surface area (Å²) in [6.45, 7) is 6.61. The van der Waals surface area contributed by atoms with Crippen molar-refractivity contribution >= 4 is 11.0 Å². The molecule has 0 spiro atoms. The Labute approximate surface area is 118 Å². The van der Waals surface area contributed by atoms with Gasteiger partial charge in [0.15, 0.2) is 0 Å². The molecule has 0 atom stereocenters. The fourth-order valence-corrected chi connectivity index (χ4v) is 2.28. The van der Waals surface area contributed by atoms with Gasteiger partial charge in [0.2, 0.25) is 0 Å². The maximum absolute atomic E-state index is 9.34. The summed E-state index contributed by atoms with van der Waals surface area (Å²) in [6, 6.07) is 15.4. The van der Waals surface area contributed by atoms with E-state index in [9.17, 15) is 5.11 Å². The third kappa shape index (κ3) is 2.29. The predicted molar refractivity (Wildman–Crippen MR) is 82.0 cm³/mol. The highest BCUT2D eigenvalue weighted by atomic mass is 16.3. The second kappa shape index (κ2) is 4.41. The van der Waals surface area contributed by atoms with Crippen LogP contribution in [-0.4, -0.2) is 5.11 Å². The van der Waals surface area contributed by atoms with Crippen LogP contribution in [0.4, 0.5) is 0 Å². The summed E-state index contributed by atoms with van der Waals surface area (Å²) in [5.41, 5.74) is 3.28. The normalized spacial score (nSPS) is 11.9. The molecule has 1 heterocycles. The first-order valence-corrected chi connectivity index (χ1v) is 6.77. The van der Waals surface area contributed by atoms with Crippen LogP contribution in [0.2, 0.25) is 0 Å². The van der Waals surface area contributed by atoms with Gasteiger partial charge < -0.3 is 9.52 Å². The van der Waals surface area contributed by atoms with Gasteiger partial charge in [0.1, 0.15) is 17.1 Å². The number of benzene rings is 2. The maximum atomic E-state index is 9.34. The molecule has 20 heavy (non-hydrogen) atoms. The highest BCUT2D eigenvalue weighted by molar-refractivity contribution is 5.83. The van der Waals surface area contributed by atoms with Crippen LogP contribution in [-0.2, 0) is 5.41 Å². The van der Waals surface area contributed by atoms with Crippen LogP contribution in [0.1, 0.15) is 26.3 Å². The minimum absolute atomic E-state index is 0.129. The summed E-state index contributed by atoms with van der Waals surface area (Å²) >= 11 is 0. The number of hydrogen-bond acceptors (Lipinski definition) is 2. The molecule has 0 fully saturated rings. The van der Waals surface area contributed by atoms with Crippen molar-refractivity contribution in [2.45, 2.75) is 26.2 Å². The molecule has 102 valence electrons. The van der Waals surface area contributed by atoms with Gasteiger partial charge in [0, 0.05) is 10.9 Å². The van der Waals surface area contributed by atoms with Crippen molar-refractivity contribution in [3.63, 3.8) is 0 Å². The summed E-state index contributed by atoms with van der Waals surface area (Å²) in [6.07, 6.45) is 0. The highest BCUT2D eigenvalue weighted by Gasteiger charge is 2.15. The molecule has 3 rings (SSSR count). The van der Waals surface area contributed by atoms with Crippen LogP contribution in [0.3, 0.4) is 0 Å². The standard InChI is InChI=1S/C18H18O2/c1-18(2,3)14-6-9-16-13(10-14)11-17(20-16)12-4-7-15(19)8-5-12/h4-11,19H,1-3H3. The Morgan fingerprint density at radius 1 is 0.900 bits per heavy atom. The highest BCUT2D eigenvalue weighted by Crippen LogP contribution is 2.32. The van der Waals surface area contributed by atoms with Crippen molar-refractivity contribution in [3.8, 4) is 17.1 Å². The second-order valence-corrected chi connectivity index (χ2v) is 6.16. The van der Waals surface area contributed by atoms with Crippen LogP contribution < -0.4 is 0 Å². The first kappa shape index (κ1) is 12.8. The van der Waals surface area contributed by atoms with Gasteiger partial charge in [-0.25, -0.2) is 0 Å². The molecule has 0 saturated heterocycles. The van der Waals surface area contributed by atoms with E-state index in [0.717, 1.165) is 22.3 Å². The Bertz CT molecular complexity index is 743. The molecule has 0 amide bonds. The fourth-order valence-electron chi connectivity index (χ4n) is 2.28. The van der Waals surface area contributed by atoms with Gasteiger partial charge in [-0.3, -0.25) is 0 Å². The van der Waals surface area contributed by atoms with E-state index in [-0.39, 0.29) is 11.2 Å². The monoisotopic (exact) mass is 266 g/mol. The molecule has 0 aliphatic rings. The smallest absolute Gasteiger partial charge is 0.135 e. The van der Waals surface area contributed by atoms with Gasteiger partial charge >= 0.3 is 0 Å². The zero-order chi connectivity index (χ0) is 14.3. The van der Waals surface area contributed by atoms with E-state index in [1.54, 1.807) is 12.1 Å². The van der Waals surface area contributed by atoms with E-state index >= 15 is 0 Å². The van der Waals surface area contributed by atoms with Crippen LogP contribution in [0.25, 0.3) is 22.3 Å². The lowest BCUT2D eigenvalue weighted by molar-refractivity contribution is 0.475. The first-order valence-electron chi connectivity index (χ1n) is 6.77. The molecular weight excluding hydrogens is 248 g/mol. The van der Waals surface area contributed by atoms with Gasteiger partial charge in [-0.2, -0.15) is 0 Å². The van der Waals surface area contributed by atoms with Crippen molar-refractivity contribution in [1.82, 2.24) is 0 Å². The second-order valence-electron chi connectivity index (χ2n) is 6.16. The lowest BCUT2D eigenvalue weighted by Gasteiger charge is -2.18. The summed E-state index contributed by atoms with van der Waals surface area (Å²) < 4.78 is 5.88. The van der Waals surface area contributed by atoms with E-state index < -0.39 is 0 Å². The number of phenolic OH excluding ortho intramolecular Hbond substituents is 1. The molecule has 0 aliphatic heterocycles. The Kier molecular flexibility index (Phi) is 2.82. The van der Waals surface area contributed by atoms with Crippen molar-refractivity contribution in [2.75, 3.05) is 0 Å². The zero-order valence-corrected chi connectivity index (χ0v) is 12.0. The SMILES string of the molecule is CC(C)(C)c1ccc2oc(-c3ccc(O)cc3)cc2c1. The fraction of sp³-hybridized carbons (Fsp3) is 0.222. The number of furan rings is 1. The molecule has 1 N–H and O–H groups in total. The molecule has 0 bridgehead atoms. The van der Waals surface area contributed by atoms with E-state index in [0.29, 0.717) is 0 Å². The van der Waals surface area contributed by atoms with Crippen LogP contribution >= 0.6 is 0 Å². The van der Waals surface area contributed by atoms with Crippen molar-refractivity contribution in [1.29, 1.82) is 0 Å². The zero-order valence-electron chi connectivity index (χ0n) is 12.0. The average molecular weight is 266 g/mol.